The van der Waals surface area contributed by atoms with E-state index in [2.05, 4.69) is 40.1 Å². The Kier molecular flexibility index (Phi) is 3.51. The monoisotopic (exact) mass is 233 g/mol. The van der Waals surface area contributed by atoms with Gasteiger partial charge >= 0.3 is 0 Å². The van der Waals surface area contributed by atoms with Crippen LogP contribution in [-0.2, 0) is 0 Å². The first-order valence-corrected chi connectivity index (χ1v) is 5.88. The molecular formula is C12H15N3S. The third-order valence-corrected chi connectivity index (χ3v) is 2.61. The smallest absolute Gasteiger partial charge is 0.0694 e. The first-order valence-electron chi connectivity index (χ1n) is 5.25. The minimum Gasteiger partial charge on any atom is -0.386 e. The Morgan fingerprint density at radius 3 is 3.12 bits per heavy atom. The molecule has 0 bridgehead atoms. The van der Waals surface area contributed by atoms with E-state index in [1.807, 2.05) is 25.4 Å². The molecule has 0 radical (unpaired) electrons. The lowest BCUT2D eigenvalue weighted by molar-refractivity contribution is 1.16. The van der Waals surface area contributed by atoms with Crippen LogP contribution in [0.4, 0.5) is 5.69 Å². The lowest BCUT2D eigenvalue weighted by Crippen LogP contribution is -1.89. The van der Waals surface area contributed by atoms with Gasteiger partial charge < -0.3 is 10.3 Å². The number of H-pyrrole nitrogens is 1. The normalized spacial score (nSPS) is 11.4. The molecular weight excluding hydrogens is 218 g/mol. The average molecular weight is 233 g/mol. The summed E-state index contributed by atoms with van der Waals surface area (Å²) in [5.74, 6) is 0.776. The highest BCUT2D eigenvalue weighted by atomic mass is 32.1. The van der Waals surface area contributed by atoms with Crippen LogP contribution >= 0.6 is 12.6 Å². The quantitative estimate of drug-likeness (QED) is 0.551. The highest BCUT2D eigenvalue weighted by Gasteiger charge is 2.02. The van der Waals surface area contributed by atoms with Gasteiger partial charge in [-0.1, -0.05) is 12.1 Å². The van der Waals surface area contributed by atoms with E-state index >= 15 is 0 Å². The Morgan fingerprint density at radius 2 is 2.38 bits per heavy atom. The second-order valence-electron chi connectivity index (χ2n) is 3.50. The summed E-state index contributed by atoms with van der Waals surface area (Å²) >= 11 is 4.11. The predicted octanol–water partition coefficient (Wildman–Crippen LogP) is 2.56. The molecule has 0 spiro atoms. The molecule has 1 heterocycles. The van der Waals surface area contributed by atoms with Gasteiger partial charge in [0, 0.05) is 30.9 Å². The van der Waals surface area contributed by atoms with Crippen molar-refractivity contribution in [3.05, 3.63) is 30.0 Å². The number of fused-ring (bicyclic) bond motifs is 1. The molecule has 0 fully saturated rings. The van der Waals surface area contributed by atoms with Gasteiger partial charge in [0.25, 0.3) is 0 Å². The summed E-state index contributed by atoms with van der Waals surface area (Å²) in [6.45, 7) is 0.747. The number of anilines is 1. The van der Waals surface area contributed by atoms with E-state index in [4.69, 9.17) is 0 Å². The molecule has 16 heavy (non-hydrogen) atoms. The number of nitrogens with one attached hydrogen (secondary N) is 2. The minimum absolute atomic E-state index is 0.747. The number of aromatic amines is 1. The first-order chi connectivity index (χ1) is 7.85. The molecule has 0 saturated heterocycles. The van der Waals surface area contributed by atoms with Gasteiger partial charge in [-0.05, 0) is 12.1 Å². The number of hydrogen-bond donors (Lipinski definition) is 3. The van der Waals surface area contributed by atoms with E-state index in [1.54, 1.807) is 0 Å². The van der Waals surface area contributed by atoms with Gasteiger partial charge in [0.2, 0.25) is 0 Å². The third kappa shape index (κ3) is 2.22. The highest BCUT2D eigenvalue weighted by molar-refractivity contribution is 7.80. The van der Waals surface area contributed by atoms with Gasteiger partial charge in [0.15, 0.2) is 0 Å². The van der Waals surface area contributed by atoms with Crippen LogP contribution in [0.2, 0.25) is 0 Å². The summed E-state index contributed by atoms with van der Waals surface area (Å²) < 4.78 is 0. The fraction of sp³-hybridized carbons (Fsp3) is 0.250. The van der Waals surface area contributed by atoms with E-state index in [0.717, 1.165) is 29.2 Å². The van der Waals surface area contributed by atoms with Crippen LogP contribution in [0.5, 0.6) is 0 Å². The molecule has 1 aromatic heterocycles. The largest absolute Gasteiger partial charge is 0.386 e. The molecule has 0 unspecified atom stereocenters. The Bertz CT molecular complexity index is 502. The first kappa shape index (κ1) is 11.1. The standard InChI is InChI=1S/C12H15N3S/c1-13-11-4-2-3-9-7-10(15-12(9)11)8-14-5-6-16/h2-4,7-8,13,15-16H,5-6H2,1H3. The average Bonchev–Trinajstić information content (AvgIpc) is 2.71. The zero-order chi connectivity index (χ0) is 11.4. The van der Waals surface area contributed by atoms with Gasteiger partial charge in [-0.25, -0.2) is 0 Å². The van der Waals surface area contributed by atoms with Crippen LogP contribution in [0.1, 0.15) is 5.69 Å². The molecule has 0 amide bonds. The van der Waals surface area contributed by atoms with Gasteiger partial charge in [-0.2, -0.15) is 12.6 Å². The summed E-state index contributed by atoms with van der Waals surface area (Å²) in [6.07, 6.45) is 1.86. The zero-order valence-corrected chi connectivity index (χ0v) is 10.1. The number of nitrogens with zero attached hydrogens (tertiary/aromatic N) is 1. The number of aromatic nitrogens is 1. The number of para-hydroxylation sites is 1. The van der Waals surface area contributed by atoms with Crippen molar-refractivity contribution in [2.45, 2.75) is 0 Å². The van der Waals surface area contributed by atoms with E-state index < -0.39 is 0 Å². The second kappa shape index (κ2) is 5.07. The topological polar surface area (TPSA) is 40.2 Å². The molecule has 0 aliphatic heterocycles. The van der Waals surface area contributed by atoms with Crippen molar-refractivity contribution in [3.8, 4) is 0 Å². The van der Waals surface area contributed by atoms with E-state index in [-0.39, 0.29) is 0 Å². The number of hydrogen-bond acceptors (Lipinski definition) is 3. The molecule has 0 atom stereocenters. The van der Waals surface area contributed by atoms with Crippen molar-refractivity contribution in [2.75, 3.05) is 24.7 Å². The fourth-order valence-electron chi connectivity index (χ4n) is 1.68. The van der Waals surface area contributed by atoms with Gasteiger partial charge in [-0.15, -0.1) is 0 Å². The van der Waals surface area contributed by atoms with E-state index in [1.165, 1.54) is 5.39 Å². The number of aliphatic imine (C=N–C) groups is 1. The van der Waals surface area contributed by atoms with Crippen LogP contribution in [-0.4, -0.2) is 30.5 Å². The Morgan fingerprint density at radius 1 is 1.50 bits per heavy atom. The maximum Gasteiger partial charge on any atom is 0.0694 e. The van der Waals surface area contributed by atoms with Gasteiger partial charge in [0.05, 0.1) is 16.9 Å². The molecule has 0 aliphatic rings. The maximum atomic E-state index is 4.26. The molecule has 4 heteroatoms. The lowest BCUT2D eigenvalue weighted by atomic mass is 10.2. The van der Waals surface area contributed by atoms with Crippen LogP contribution in [0, 0.1) is 0 Å². The Labute approximate surface area is 100 Å². The molecule has 2 rings (SSSR count). The van der Waals surface area contributed by atoms with Crippen molar-refractivity contribution in [3.63, 3.8) is 0 Å². The molecule has 2 aromatic rings. The Balaban J connectivity index is 2.36. The zero-order valence-electron chi connectivity index (χ0n) is 9.20. The van der Waals surface area contributed by atoms with Crippen molar-refractivity contribution in [2.24, 2.45) is 4.99 Å². The summed E-state index contributed by atoms with van der Waals surface area (Å²) in [4.78, 5) is 7.60. The van der Waals surface area contributed by atoms with E-state index in [0.29, 0.717) is 0 Å². The number of thiol groups is 1. The summed E-state index contributed by atoms with van der Waals surface area (Å²) in [7, 11) is 1.92. The molecule has 2 N–H and O–H groups in total. The lowest BCUT2D eigenvalue weighted by Gasteiger charge is -2.00. The van der Waals surface area contributed by atoms with Crippen molar-refractivity contribution in [1.29, 1.82) is 0 Å². The molecule has 0 saturated carbocycles. The summed E-state index contributed by atoms with van der Waals surface area (Å²) in [6, 6.07) is 8.27. The SMILES string of the molecule is CNc1cccc2cc(C=NCCS)[nH]c12. The van der Waals surface area contributed by atoms with Crippen LogP contribution in [0.15, 0.2) is 29.3 Å². The van der Waals surface area contributed by atoms with Gasteiger partial charge in [0.1, 0.15) is 0 Å². The summed E-state index contributed by atoms with van der Waals surface area (Å²) in [5.41, 5.74) is 3.25. The van der Waals surface area contributed by atoms with Crippen LogP contribution in [0.25, 0.3) is 10.9 Å². The number of rotatable bonds is 4. The van der Waals surface area contributed by atoms with E-state index in [9.17, 15) is 0 Å². The molecule has 3 nitrogen and oxygen atoms in total. The highest BCUT2D eigenvalue weighted by Crippen LogP contribution is 2.22. The second-order valence-corrected chi connectivity index (χ2v) is 3.95. The third-order valence-electron chi connectivity index (χ3n) is 2.41. The molecule has 84 valence electrons. The fourth-order valence-corrected chi connectivity index (χ4v) is 1.79. The molecule has 0 aliphatic carbocycles. The van der Waals surface area contributed by atoms with Crippen LogP contribution < -0.4 is 5.32 Å². The Hall–Kier alpha value is -1.42. The minimum atomic E-state index is 0.747. The molecule has 1 aromatic carbocycles. The van der Waals surface area contributed by atoms with Crippen molar-refractivity contribution < 1.29 is 0 Å². The van der Waals surface area contributed by atoms with Crippen molar-refractivity contribution in [1.82, 2.24) is 4.98 Å². The van der Waals surface area contributed by atoms with Crippen LogP contribution in [0.3, 0.4) is 0 Å². The maximum absolute atomic E-state index is 4.26. The van der Waals surface area contributed by atoms with Gasteiger partial charge in [-0.3, -0.25) is 4.99 Å². The predicted molar refractivity (Wildman–Crippen MR) is 74.2 cm³/mol. The number of benzene rings is 1. The van der Waals surface area contributed by atoms with Crippen molar-refractivity contribution >= 4 is 35.4 Å². The summed E-state index contributed by atoms with van der Waals surface area (Å²) in [5, 5.41) is 4.36.